The predicted octanol–water partition coefficient (Wildman–Crippen LogP) is 5.45. The molecule has 0 N–H and O–H groups in total. The summed E-state index contributed by atoms with van der Waals surface area (Å²) >= 11 is 15.9. The van der Waals surface area contributed by atoms with E-state index in [1.807, 2.05) is 0 Å². The SMILES string of the molecule is O=C1[C@H]2[C@@H](C(=O)N1c1ccc(Br)cc1)C1(O[C@H]2c2ccc(Cl)cc2Cl)C(=O)c2ccccc2C1=O. The lowest BCUT2D eigenvalue weighted by Crippen LogP contribution is -2.51. The van der Waals surface area contributed by atoms with E-state index in [4.69, 9.17) is 27.9 Å². The first-order valence-corrected chi connectivity index (χ1v) is 12.3. The molecule has 35 heavy (non-hydrogen) atoms. The summed E-state index contributed by atoms with van der Waals surface area (Å²) in [5, 5.41) is 0.574. The van der Waals surface area contributed by atoms with E-state index in [1.165, 1.54) is 18.2 Å². The van der Waals surface area contributed by atoms with Gasteiger partial charge in [-0.2, -0.15) is 0 Å². The van der Waals surface area contributed by atoms with Gasteiger partial charge in [-0.05, 0) is 36.4 Å². The number of benzene rings is 3. The molecule has 0 unspecified atom stereocenters. The number of carbonyl (C=O) groups is 4. The van der Waals surface area contributed by atoms with Crippen molar-refractivity contribution in [3.05, 3.63) is 97.9 Å². The zero-order valence-electron chi connectivity index (χ0n) is 17.7. The average Bonchev–Trinajstić information content (AvgIpc) is 3.40. The predicted molar refractivity (Wildman–Crippen MR) is 132 cm³/mol. The number of hydrogen-bond donors (Lipinski definition) is 0. The van der Waals surface area contributed by atoms with Crippen LogP contribution in [0.5, 0.6) is 0 Å². The number of fused-ring (bicyclic) bond motifs is 3. The molecule has 174 valence electrons. The molecule has 0 saturated carbocycles. The third-order valence-corrected chi connectivity index (χ3v) is 7.96. The van der Waals surface area contributed by atoms with Crippen LogP contribution in [0.3, 0.4) is 0 Å². The summed E-state index contributed by atoms with van der Waals surface area (Å²) in [4.78, 5) is 56.2. The van der Waals surface area contributed by atoms with Gasteiger partial charge in [0, 0.05) is 31.2 Å². The minimum Gasteiger partial charge on any atom is -0.349 e. The van der Waals surface area contributed by atoms with E-state index in [2.05, 4.69) is 15.9 Å². The molecule has 6 nitrogen and oxygen atoms in total. The number of rotatable bonds is 2. The fourth-order valence-corrected chi connectivity index (χ4v) is 6.16. The summed E-state index contributed by atoms with van der Waals surface area (Å²) in [5.74, 6) is -4.95. The smallest absolute Gasteiger partial charge is 0.241 e. The first kappa shape index (κ1) is 22.6. The molecule has 1 spiro atoms. The first-order valence-electron chi connectivity index (χ1n) is 10.7. The minimum absolute atomic E-state index is 0.168. The van der Waals surface area contributed by atoms with Gasteiger partial charge in [0.1, 0.15) is 0 Å². The van der Waals surface area contributed by atoms with Crippen molar-refractivity contribution in [2.24, 2.45) is 11.8 Å². The van der Waals surface area contributed by atoms with Crippen molar-refractivity contribution in [2.45, 2.75) is 11.7 Å². The van der Waals surface area contributed by atoms with E-state index < -0.39 is 46.9 Å². The maximum atomic E-state index is 13.9. The van der Waals surface area contributed by atoms with Crippen molar-refractivity contribution in [1.82, 2.24) is 0 Å². The van der Waals surface area contributed by atoms with E-state index in [9.17, 15) is 19.2 Å². The molecule has 6 rings (SSSR count). The summed E-state index contributed by atoms with van der Waals surface area (Å²) in [6.45, 7) is 0. The lowest BCUT2D eigenvalue weighted by Gasteiger charge is -2.27. The number of halogens is 3. The van der Waals surface area contributed by atoms with Gasteiger partial charge in [0.15, 0.2) is 0 Å². The van der Waals surface area contributed by atoms with Crippen LogP contribution in [0.15, 0.2) is 71.2 Å². The third kappa shape index (κ3) is 2.99. The molecular weight excluding hydrogens is 557 g/mol. The molecule has 2 fully saturated rings. The lowest BCUT2D eigenvalue weighted by molar-refractivity contribution is -0.127. The molecule has 2 saturated heterocycles. The highest BCUT2D eigenvalue weighted by molar-refractivity contribution is 9.10. The van der Waals surface area contributed by atoms with Crippen molar-refractivity contribution in [3.8, 4) is 0 Å². The number of ether oxygens (including phenoxy) is 1. The fourth-order valence-electron chi connectivity index (χ4n) is 5.38. The zero-order chi connectivity index (χ0) is 24.6. The van der Waals surface area contributed by atoms with Crippen LogP contribution in [0.1, 0.15) is 32.4 Å². The number of nitrogens with zero attached hydrogens (tertiary/aromatic N) is 1. The second-order valence-corrected chi connectivity index (χ2v) is 10.4. The van der Waals surface area contributed by atoms with Crippen LogP contribution in [0.2, 0.25) is 10.0 Å². The molecule has 3 atom stereocenters. The number of Topliss-reactive ketones (excluding diaryl/α,β-unsaturated/α-hetero) is 2. The molecule has 3 aromatic carbocycles. The van der Waals surface area contributed by atoms with Crippen LogP contribution >= 0.6 is 39.1 Å². The number of ketones is 2. The molecule has 1 aliphatic carbocycles. The van der Waals surface area contributed by atoms with E-state index in [-0.39, 0.29) is 16.1 Å². The Bertz CT molecular complexity index is 1440. The number of anilines is 1. The van der Waals surface area contributed by atoms with Gasteiger partial charge >= 0.3 is 0 Å². The van der Waals surface area contributed by atoms with Gasteiger partial charge in [-0.3, -0.25) is 19.2 Å². The minimum atomic E-state index is -2.15. The molecule has 3 aliphatic rings. The Kier molecular flexibility index (Phi) is 5.06. The molecule has 2 amide bonds. The third-order valence-electron chi connectivity index (χ3n) is 6.87. The van der Waals surface area contributed by atoms with Crippen molar-refractivity contribution in [1.29, 1.82) is 0 Å². The van der Waals surface area contributed by atoms with Gasteiger partial charge in [-0.1, -0.05) is 69.5 Å². The number of amides is 2. The maximum absolute atomic E-state index is 13.9. The molecule has 2 heterocycles. The lowest BCUT2D eigenvalue weighted by atomic mass is 9.77. The standard InChI is InChI=1S/C26H14BrCl2NO5/c27-12-5-8-14(9-6-12)30-24(33)19-20(25(30)34)26(22(31)15-3-1-2-4-16(15)23(26)32)35-21(19)17-10-7-13(28)11-18(17)29/h1-11,19-21H/t19-,20-,21-/m0/s1. The van der Waals surface area contributed by atoms with Crippen molar-refractivity contribution >= 4 is 68.2 Å². The Morgan fingerprint density at radius 1 is 0.829 bits per heavy atom. The molecule has 0 radical (unpaired) electrons. The van der Waals surface area contributed by atoms with Gasteiger partial charge in [0.2, 0.25) is 29.0 Å². The number of hydrogen-bond acceptors (Lipinski definition) is 5. The van der Waals surface area contributed by atoms with Crippen LogP contribution in [0.4, 0.5) is 5.69 Å². The van der Waals surface area contributed by atoms with Crippen LogP contribution in [0, 0.1) is 11.8 Å². The zero-order valence-corrected chi connectivity index (χ0v) is 20.8. The van der Waals surface area contributed by atoms with Crippen LogP contribution in [0.25, 0.3) is 0 Å². The second-order valence-electron chi connectivity index (χ2n) is 8.64. The summed E-state index contributed by atoms with van der Waals surface area (Å²) in [6, 6.07) is 17.6. The van der Waals surface area contributed by atoms with E-state index in [0.717, 1.165) is 9.37 Å². The van der Waals surface area contributed by atoms with Gasteiger partial charge in [0.05, 0.1) is 23.6 Å². The van der Waals surface area contributed by atoms with Gasteiger partial charge in [0.25, 0.3) is 0 Å². The Labute approximate surface area is 217 Å². The molecular formula is C26H14BrCl2NO5. The maximum Gasteiger partial charge on any atom is 0.241 e. The Morgan fingerprint density at radius 3 is 2.06 bits per heavy atom. The van der Waals surface area contributed by atoms with Crippen LogP contribution < -0.4 is 4.90 Å². The largest absolute Gasteiger partial charge is 0.349 e. The van der Waals surface area contributed by atoms with E-state index >= 15 is 0 Å². The topological polar surface area (TPSA) is 80.8 Å². The van der Waals surface area contributed by atoms with Crippen LogP contribution in [-0.2, 0) is 14.3 Å². The van der Waals surface area contributed by atoms with Gasteiger partial charge in [-0.25, -0.2) is 4.90 Å². The quantitative estimate of drug-likeness (QED) is 0.302. The van der Waals surface area contributed by atoms with Crippen molar-refractivity contribution in [2.75, 3.05) is 4.90 Å². The highest BCUT2D eigenvalue weighted by atomic mass is 79.9. The van der Waals surface area contributed by atoms with Crippen molar-refractivity contribution in [3.63, 3.8) is 0 Å². The summed E-state index contributed by atoms with van der Waals surface area (Å²) in [7, 11) is 0. The normalized spacial score (nSPS) is 24.4. The molecule has 9 heteroatoms. The summed E-state index contributed by atoms with van der Waals surface area (Å²) < 4.78 is 7.00. The summed E-state index contributed by atoms with van der Waals surface area (Å²) in [6.07, 6.45) is -1.11. The summed E-state index contributed by atoms with van der Waals surface area (Å²) in [5.41, 5.74) is -1.11. The van der Waals surface area contributed by atoms with Gasteiger partial charge < -0.3 is 4.74 Å². The van der Waals surface area contributed by atoms with Crippen LogP contribution in [-0.4, -0.2) is 29.0 Å². The molecule has 0 bridgehead atoms. The Balaban J connectivity index is 1.56. The monoisotopic (exact) mass is 569 g/mol. The number of imide groups is 1. The van der Waals surface area contributed by atoms with Gasteiger partial charge in [-0.15, -0.1) is 0 Å². The Morgan fingerprint density at radius 2 is 1.46 bits per heavy atom. The first-order chi connectivity index (χ1) is 16.8. The van der Waals surface area contributed by atoms with E-state index in [1.54, 1.807) is 48.5 Å². The molecule has 0 aromatic heterocycles. The van der Waals surface area contributed by atoms with E-state index in [0.29, 0.717) is 16.3 Å². The fraction of sp³-hybridized carbons (Fsp3) is 0.154. The molecule has 3 aromatic rings. The second kappa shape index (κ2) is 7.83. The highest BCUT2D eigenvalue weighted by Crippen LogP contribution is 2.58. The highest BCUT2D eigenvalue weighted by Gasteiger charge is 2.74. The average molecular weight is 571 g/mol. The van der Waals surface area contributed by atoms with Crippen molar-refractivity contribution < 1.29 is 23.9 Å². The number of carbonyl (C=O) groups excluding carboxylic acids is 4. The molecule has 2 aliphatic heterocycles. The Hall–Kier alpha value is -2.84.